The number of oxazole rings is 1. The molecule has 1 aliphatic carbocycles. The first-order valence-corrected chi connectivity index (χ1v) is 12.4. The largest absolute Gasteiger partial charge is 0.489 e. The summed E-state index contributed by atoms with van der Waals surface area (Å²) in [7, 11) is 2.82. The van der Waals surface area contributed by atoms with Gasteiger partial charge in [0.2, 0.25) is 11.8 Å². The van der Waals surface area contributed by atoms with Crippen molar-refractivity contribution in [3.63, 3.8) is 0 Å². The third-order valence-corrected chi connectivity index (χ3v) is 6.10. The number of ether oxygens (including phenoxy) is 2. The smallest absolute Gasteiger partial charge is 0.387 e. The molecule has 2 aromatic carbocycles. The number of hydrogen-bond donors (Lipinski definition) is 2. The quantitative estimate of drug-likeness (QED) is 0.327. The van der Waals surface area contributed by atoms with Crippen molar-refractivity contribution in [1.82, 2.24) is 15.2 Å². The molecular formula is C27H28F4N4O5. The Morgan fingerprint density at radius 1 is 1.15 bits per heavy atom. The van der Waals surface area contributed by atoms with Crippen LogP contribution >= 0.6 is 0 Å². The molecule has 0 radical (unpaired) electrons. The van der Waals surface area contributed by atoms with Crippen LogP contribution in [0, 0.1) is 17.6 Å². The van der Waals surface area contributed by atoms with Crippen LogP contribution in [-0.4, -0.2) is 49.0 Å². The Bertz CT molecular complexity index is 1390. The van der Waals surface area contributed by atoms with Crippen molar-refractivity contribution >= 4 is 11.8 Å². The fourth-order valence-corrected chi connectivity index (χ4v) is 3.83. The van der Waals surface area contributed by atoms with Gasteiger partial charge in [-0.05, 0) is 49.9 Å². The van der Waals surface area contributed by atoms with Crippen LogP contribution in [-0.2, 0) is 4.79 Å². The highest BCUT2D eigenvalue weighted by Gasteiger charge is 2.31. The molecule has 1 unspecified atom stereocenters. The SMILES string of the molecule is C[C@H](N)c1oc(-c2ccc(OC(F)F)c(OCC3CC3)c2)nc1C(=O)NC(C(=O)N(C)C)c1ccc(F)cc1F. The lowest BCUT2D eigenvalue weighted by Gasteiger charge is -2.22. The number of benzene rings is 2. The Kier molecular flexibility index (Phi) is 8.62. The average molecular weight is 565 g/mol. The first kappa shape index (κ1) is 28.9. The summed E-state index contributed by atoms with van der Waals surface area (Å²) >= 11 is 0. The van der Waals surface area contributed by atoms with E-state index >= 15 is 0 Å². The number of nitrogens with two attached hydrogens (primary N) is 1. The molecule has 0 bridgehead atoms. The van der Waals surface area contributed by atoms with E-state index in [0.29, 0.717) is 18.6 Å². The Hall–Kier alpha value is -4.13. The van der Waals surface area contributed by atoms with Crippen LogP contribution in [0.5, 0.6) is 11.5 Å². The molecule has 1 fully saturated rings. The summed E-state index contributed by atoms with van der Waals surface area (Å²) in [5, 5.41) is 2.43. The first-order chi connectivity index (χ1) is 18.9. The number of hydrogen-bond acceptors (Lipinski definition) is 7. The second kappa shape index (κ2) is 11.9. The van der Waals surface area contributed by atoms with Crippen LogP contribution in [0.15, 0.2) is 40.8 Å². The van der Waals surface area contributed by atoms with Gasteiger partial charge >= 0.3 is 6.61 Å². The van der Waals surface area contributed by atoms with Gasteiger partial charge in [-0.3, -0.25) is 9.59 Å². The number of halogens is 4. The van der Waals surface area contributed by atoms with Gasteiger partial charge < -0.3 is 29.8 Å². The van der Waals surface area contributed by atoms with Crippen molar-refractivity contribution in [3.8, 4) is 23.0 Å². The topological polar surface area (TPSA) is 120 Å². The normalized spacial score (nSPS) is 14.5. The molecule has 4 rings (SSSR count). The lowest BCUT2D eigenvalue weighted by atomic mass is 10.0. The molecule has 0 saturated heterocycles. The molecule has 9 nitrogen and oxygen atoms in total. The van der Waals surface area contributed by atoms with Crippen LogP contribution in [0.3, 0.4) is 0 Å². The molecule has 1 aromatic heterocycles. The zero-order chi connectivity index (χ0) is 29.1. The van der Waals surface area contributed by atoms with Gasteiger partial charge in [0, 0.05) is 31.3 Å². The standard InChI is InChI=1S/C27H28F4N4O5/c1-13(32)23-22(24(36)33-21(26(37)35(2)3)17-8-7-16(28)11-18(17)29)34-25(40-23)15-6-9-19(39-27(30)31)20(10-15)38-12-14-4-5-14/h6-11,13-14,21,27H,4-5,12,32H2,1-3H3,(H,33,36)/t13-,21?/m0/s1. The number of nitrogens with one attached hydrogen (secondary N) is 1. The summed E-state index contributed by atoms with van der Waals surface area (Å²) in [5.41, 5.74) is 5.75. The minimum Gasteiger partial charge on any atom is -0.489 e. The number of alkyl halides is 2. The van der Waals surface area contributed by atoms with E-state index in [1.807, 2.05) is 0 Å². The molecule has 1 saturated carbocycles. The second-order valence-corrected chi connectivity index (χ2v) is 9.62. The maximum Gasteiger partial charge on any atom is 0.387 e. The minimum absolute atomic E-state index is 0.0414. The number of nitrogens with zero attached hydrogens (tertiary/aromatic N) is 2. The van der Waals surface area contributed by atoms with E-state index in [1.165, 1.54) is 39.2 Å². The highest BCUT2D eigenvalue weighted by atomic mass is 19.3. The third kappa shape index (κ3) is 6.71. The van der Waals surface area contributed by atoms with Crippen molar-refractivity contribution in [2.45, 2.75) is 38.5 Å². The molecule has 0 aliphatic heterocycles. The Morgan fingerprint density at radius 2 is 1.88 bits per heavy atom. The molecule has 3 N–H and O–H groups in total. The van der Waals surface area contributed by atoms with Crippen molar-refractivity contribution in [2.75, 3.05) is 20.7 Å². The summed E-state index contributed by atoms with van der Waals surface area (Å²) in [5.74, 6) is -3.41. The zero-order valence-corrected chi connectivity index (χ0v) is 21.9. The number of amides is 2. The number of carbonyl (C=O) groups is 2. The second-order valence-electron chi connectivity index (χ2n) is 9.62. The molecular weight excluding hydrogens is 536 g/mol. The van der Waals surface area contributed by atoms with Crippen molar-refractivity contribution in [1.29, 1.82) is 0 Å². The predicted molar refractivity (Wildman–Crippen MR) is 135 cm³/mol. The lowest BCUT2D eigenvalue weighted by Crippen LogP contribution is -2.40. The number of aromatic nitrogens is 1. The number of likely N-dealkylation sites (N-methyl/N-ethyl adjacent to an activating group) is 1. The summed E-state index contributed by atoms with van der Waals surface area (Å²) < 4.78 is 69.9. The van der Waals surface area contributed by atoms with Gasteiger partial charge in [-0.25, -0.2) is 13.8 Å². The van der Waals surface area contributed by atoms with E-state index in [-0.39, 0.29) is 40.0 Å². The molecule has 40 heavy (non-hydrogen) atoms. The lowest BCUT2D eigenvalue weighted by molar-refractivity contribution is -0.130. The maximum absolute atomic E-state index is 14.6. The number of rotatable bonds is 11. The molecule has 214 valence electrons. The van der Waals surface area contributed by atoms with Gasteiger partial charge in [0.05, 0.1) is 12.6 Å². The van der Waals surface area contributed by atoms with Gasteiger partial charge in [-0.1, -0.05) is 6.07 Å². The highest BCUT2D eigenvalue weighted by molar-refractivity contribution is 5.97. The van der Waals surface area contributed by atoms with Gasteiger partial charge in [-0.15, -0.1) is 0 Å². The minimum atomic E-state index is -3.07. The molecule has 0 spiro atoms. The van der Waals surface area contributed by atoms with Crippen molar-refractivity contribution in [3.05, 3.63) is 65.1 Å². The van der Waals surface area contributed by atoms with E-state index in [0.717, 1.165) is 29.9 Å². The third-order valence-electron chi connectivity index (χ3n) is 6.10. The first-order valence-electron chi connectivity index (χ1n) is 12.4. The Morgan fingerprint density at radius 3 is 2.48 bits per heavy atom. The van der Waals surface area contributed by atoms with E-state index in [1.54, 1.807) is 0 Å². The van der Waals surface area contributed by atoms with Gasteiger partial charge in [0.25, 0.3) is 5.91 Å². The van der Waals surface area contributed by atoms with Gasteiger partial charge in [0.15, 0.2) is 23.0 Å². The molecule has 2 atom stereocenters. The fraction of sp³-hybridized carbons (Fsp3) is 0.370. The van der Waals surface area contributed by atoms with E-state index in [2.05, 4.69) is 15.0 Å². The van der Waals surface area contributed by atoms with Gasteiger partial charge in [-0.2, -0.15) is 8.78 Å². The molecule has 3 aromatic rings. The Balaban J connectivity index is 1.68. The van der Waals surface area contributed by atoms with E-state index in [9.17, 15) is 27.2 Å². The van der Waals surface area contributed by atoms with Gasteiger partial charge in [0.1, 0.15) is 17.7 Å². The van der Waals surface area contributed by atoms with Crippen LogP contribution in [0.25, 0.3) is 11.5 Å². The van der Waals surface area contributed by atoms with Crippen LogP contribution in [0.2, 0.25) is 0 Å². The number of carbonyl (C=O) groups excluding carboxylic acids is 2. The molecule has 1 heterocycles. The van der Waals surface area contributed by atoms with E-state index in [4.69, 9.17) is 14.9 Å². The summed E-state index contributed by atoms with van der Waals surface area (Å²) in [6, 6.07) is 4.33. The van der Waals surface area contributed by atoms with Crippen LogP contribution in [0.4, 0.5) is 17.6 Å². The monoisotopic (exact) mass is 564 g/mol. The maximum atomic E-state index is 14.6. The summed E-state index contributed by atoms with van der Waals surface area (Å²) in [6.07, 6.45) is 1.94. The van der Waals surface area contributed by atoms with Crippen LogP contribution < -0.4 is 20.5 Å². The summed E-state index contributed by atoms with van der Waals surface area (Å²) in [6.45, 7) is -1.22. The molecule has 1 aliphatic rings. The molecule has 2 amide bonds. The van der Waals surface area contributed by atoms with E-state index < -0.39 is 42.1 Å². The fourth-order valence-electron chi connectivity index (χ4n) is 3.83. The highest BCUT2D eigenvalue weighted by Crippen LogP contribution is 2.37. The molecule has 13 heteroatoms. The van der Waals surface area contributed by atoms with Crippen molar-refractivity contribution < 1.29 is 41.0 Å². The van der Waals surface area contributed by atoms with Crippen molar-refractivity contribution in [2.24, 2.45) is 11.7 Å². The summed E-state index contributed by atoms with van der Waals surface area (Å²) in [4.78, 5) is 31.6. The Labute approximate surface area is 227 Å². The zero-order valence-electron chi connectivity index (χ0n) is 21.9. The average Bonchev–Trinajstić information content (AvgIpc) is 3.60. The predicted octanol–water partition coefficient (Wildman–Crippen LogP) is 4.59. The van der Waals surface area contributed by atoms with Crippen LogP contribution in [0.1, 0.15) is 53.7 Å².